The van der Waals surface area contributed by atoms with Crippen LogP contribution < -0.4 is 5.32 Å². The van der Waals surface area contributed by atoms with Crippen LogP contribution in [0.1, 0.15) is 162 Å². The number of hydrogen-bond donors (Lipinski definition) is 4. The number of hydrogen-bond acceptors (Lipinski definition) is 4. The summed E-state index contributed by atoms with van der Waals surface area (Å²) < 4.78 is 0. The Labute approximate surface area is 241 Å². The van der Waals surface area contributed by atoms with Crippen molar-refractivity contribution in [3.8, 4) is 0 Å². The minimum atomic E-state index is -0.927. The van der Waals surface area contributed by atoms with Gasteiger partial charge in [-0.15, -0.1) is 0 Å². The first-order valence-electron chi connectivity index (χ1n) is 16.6. The van der Waals surface area contributed by atoms with Crippen LogP contribution in [0.4, 0.5) is 0 Å². The molecule has 1 amide bonds. The number of carbonyl (C=O) groups excluding carboxylic acids is 1. The Bertz CT molecular complexity index is 578. The van der Waals surface area contributed by atoms with Gasteiger partial charge in [0.15, 0.2) is 0 Å². The van der Waals surface area contributed by atoms with Gasteiger partial charge in [-0.05, 0) is 44.9 Å². The maximum atomic E-state index is 12.3. The second kappa shape index (κ2) is 29.8. The van der Waals surface area contributed by atoms with Gasteiger partial charge >= 0.3 is 0 Å². The van der Waals surface area contributed by atoms with Crippen LogP contribution >= 0.6 is 0 Å². The van der Waals surface area contributed by atoms with E-state index in [0.717, 1.165) is 38.5 Å². The number of aliphatic hydroxyl groups excluding tert-OH is 3. The highest BCUT2D eigenvalue weighted by atomic mass is 16.3. The lowest BCUT2D eigenvalue weighted by atomic mass is 10.0. The SMILES string of the molecule is CCCCC/C=C\CCCCCC(O)CC(=O)NC(CO)C(O)/C=C/CCCCCCCCCCCCCC. The first-order valence-corrected chi connectivity index (χ1v) is 16.6. The molecule has 0 spiro atoms. The molecule has 0 saturated heterocycles. The van der Waals surface area contributed by atoms with Crippen LogP contribution in [0.2, 0.25) is 0 Å². The molecule has 0 aliphatic carbocycles. The fourth-order valence-corrected chi connectivity index (χ4v) is 4.86. The van der Waals surface area contributed by atoms with Crippen molar-refractivity contribution in [2.24, 2.45) is 0 Å². The topological polar surface area (TPSA) is 89.8 Å². The highest BCUT2D eigenvalue weighted by Gasteiger charge is 2.20. The van der Waals surface area contributed by atoms with Crippen molar-refractivity contribution in [2.75, 3.05) is 6.61 Å². The van der Waals surface area contributed by atoms with Crippen LogP contribution in [0.25, 0.3) is 0 Å². The standard InChI is InChI=1S/C34H65NO4/c1-3-5-7-9-11-13-15-16-17-18-20-22-24-26-28-33(38)32(30-36)35-34(39)29-31(37)27-25-23-21-19-14-12-10-8-6-4-2/h12,14,26,28,31-33,36-38H,3-11,13,15-25,27,29-30H2,1-2H3,(H,35,39)/b14-12-,28-26+. The minimum Gasteiger partial charge on any atom is -0.394 e. The van der Waals surface area contributed by atoms with Gasteiger partial charge in [-0.2, -0.15) is 0 Å². The third-order valence-electron chi connectivity index (χ3n) is 7.48. The van der Waals surface area contributed by atoms with E-state index in [1.165, 1.54) is 96.3 Å². The normalized spacial score (nSPS) is 14.3. The summed E-state index contributed by atoms with van der Waals surface area (Å²) in [5.74, 6) is -0.329. The van der Waals surface area contributed by atoms with Gasteiger partial charge in [0.1, 0.15) is 0 Å². The maximum Gasteiger partial charge on any atom is 0.222 e. The third kappa shape index (κ3) is 26.8. The van der Waals surface area contributed by atoms with E-state index in [-0.39, 0.29) is 18.9 Å². The molecule has 0 aliphatic heterocycles. The molecule has 3 atom stereocenters. The van der Waals surface area contributed by atoms with Crippen LogP contribution in [0, 0.1) is 0 Å². The molecule has 5 nitrogen and oxygen atoms in total. The zero-order valence-electron chi connectivity index (χ0n) is 25.8. The Morgan fingerprint density at radius 2 is 1.08 bits per heavy atom. The van der Waals surface area contributed by atoms with Gasteiger partial charge in [0, 0.05) is 0 Å². The van der Waals surface area contributed by atoms with E-state index in [1.807, 2.05) is 6.08 Å². The Hall–Kier alpha value is -1.17. The molecule has 0 saturated carbocycles. The van der Waals surface area contributed by atoms with Crippen molar-refractivity contribution in [2.45, 2.75) is 180 Å². The molecule has 0 aromatic heterocycles. The molecule has 0 radical (unpaired) electrons. The molecule has 0 fully saturated rings. The van der Waals surface area contributed by atoms with E-state index in [1.54, 1.807) is 6.08 Å². The lowest BCUT2D eigenvalue weighted by molar-refractivity contribution is -0.124. The van der Waals surface area contributed by atoms with Crippen molar-refractivity contribution in [3.63, 3.8) is 0 Å². The molecule has 4 N–H and O–H groups in total. The van der Waals surface area contributed by atoms with Gasteiger partial charge in [0.2, 0.25) is 5.91 Å². The van der Waals surface area contributed by atoms with Crippen LogP contribution in [-0.4, -0.2) is 46.1 Å². The second-order valence-corrected chi connectivity index (χ2v) is 11.4. The lowest BCUT2D eigenvalue weighted by Crippen LogP contribution is -2.45. The molecule has 0 bridgehead atoms. The molecule has 5 heteroatoms. The number of nitrogens with one attached hydrogen (secondary N) is 1. The van der Waals surface area contributed by atoms with Crippen LogP contribution in [0.3, 0.4) is 0 Å². The van der Waals surface area contributed by atoms with Gasteiger partial charge in [-0.1, -0.05) is 134 Å². The van der Waals surface area contributed by atoms with E-state index in [4.69, 9.17) is 0 Å². The zero-order chi connectivity index (χ0) is 28.8. The highest BCUT2D eigenvalue weighted by molar-refractivity contribution is 5.76. The van der Waals surface area contributed by atoms with Crippen molar-refractivity contribution in [1.29, 1.82) is 0 Å². The molecular weight excluding hydrogens is 486 g/mol. The van der Waals surface area contributed by atoms with Crippen molar-refractivity contribution in [3.05, 3.63) is 24.3 Å². The molecule has 0 aromatic rings. The summed E-state index contributed by atoms with van der Waals surface area (Å²) >= 11 is 0. The Kier molecular flexibility index (Phi) is 28.9. The second-order valence-electron chi connectivity index (χ2n) is 11.4. The molecule has 0 aromatic carbocycles. The first-order chi connectivity index (χ1) is 19.0. The summed E-state index contributed by atoms with van der Waals surface area (Å²) in [4.78, 5) is 12.3. The van der Waals surface area contributed by atoms with Gasteiger partial charge < -0.3 is 20.6 Å². The van der Waals surface area contributed by atoms with E-state index >= 15 is 0 Å². The van der Waals surface area contributed by atoms with Crippen LogP contribution in [-0.2, 0) is 4.79 Å². The smallest absolute Gasteiger partial charge is 0.222 e. The zero-order valence-corrected chi connectivity index (χ0v) is 25.8. The maximum absolute atomic E-state index is 12.3. The summed E-state index contributed by atoms with van der Waals surface area (Å²) in [5.41, 5.74) is 0. The largest absolute Gasteiger partial charge is 0.394 e. The number of amides is 1. The van der Waals surface area contributed by atoms with E-state index < -0.39 is 18.2 Å². The molecule has 0 heterocycles. The quantitative estimate of drug-likeness (QED) is 0.0556. The van der Waals surface area contributed by atoms with Crippen LogP contribution in [0.5, 0.6) is 0 Å². The summed E-state index contributed by atoms with van der Waals surface area (Å²) in [6.07, 6.45) is 33.0. The van der Waals surface area contributed by atoms with E-state index in [9.17, 15) is 20.1 Å². The fraction of sp³-hybridized carbons (Fsp3) is 0.853. The van der Waals surface area contributed by atoms with Gasteiger partial charge in [0.05, 0.1) is 31.3 Å². The minimum absolute atomic E-state index is 0.00310. The summed E-state index contributed by atoms with van der Waals surface area (Å²) in [7, 11) is 0. The molecule has 39 heavy (non-hydrogen) atoms. The molecule has 0 rings (SSSR count). The molecular formula is C34H65NO4. The summed E-state index contributed by atoms with van der Waals surface area (Å²) in [6, 6.07) is -0.743. The Morgan fingerprint density at radius 1 is 0.641 bits per heavy atom. The number of aliphatic hydroxyl groups is 3. The van der Waals surface area contributed by atoms with Crippen LogP contribution in [0.15, 0.2) is 24.3 Å². The molecule has 230 valence electrons. The average Bonchev–Trinajstić information content (AvgIpc) is 2.92. The lowest BCUT2D eigenvalue weighted by Gasteiger charge is -2.21. The van der Waals surface area contributed by atoms with Crippen molar-refractivity contribution < 1.29 is 20.1 Å². The van der Waals surface area contributed by atoms with Gasteiger partial charge in [-0.25, -0.2) is 0 Å². The predicted octanol–water partition coefficient (Wildman–Crippen LogP) is 8.31. The van der Waals surface area contributed by atoms with Crippen molar-refractivity contribution in [1.82, 2.24) is 5.32 Å². The highest BCUT2D eigenvalue weighted by Crippen LogP contribution is 2.13. The Morgan fingerprint density at radius 3 is 1.62 bits per heavy atom. The first kappa shape index (κ1) is 37.8. The fourth-order valence-electron chi connectivity index (χ4n) is 4.86. The molecule has 0 aliphatic rings. The number of carbonyl (C=O) groups is 1. The average molecular weight is 552 g/mol. The van der Waals surface area contributed by atoms with Gasteiger partial charge in [0.25, 0.3) is 0 Å². The number of allylic oxidation sites excluding steroid dienone is 3. The summed E-state index contributed by atoms with van der Waals surface area (Å²) in [6.45, 7) is 4.14. The Balaban J connectivity index is 3.81. The van der Waals surface area contributed by atoms with Crippen molar-refractivity contribution >= 4 is 5.91 Å². The van der Waals surface area contributed by atoms with E-state index in [2.05, 4.69) is 31.3 Å². The van der Waals surface area contributed by atoms with Gasteiger partial charge in [-0.3, -0.25) is 4.79 Å². The monoisotopic (exact) mass is 551 g/mol. The summed E-state index contributed by atoms with van der Waals surface area (Å²) in [5, 5.41) is 32.9. The predicted molar refractivity (Wildman–Crippen MR) is 167 cm³/mol. The van der Waals surface area contributed by atoms with E-state index in [0.29, 0.717) is 6.42 Å². The number of rotatable bonds is 29. The molecule has 3 unspecified atom stereocenters. The number of unbranched alkanes of at least 4 members (excludes halogenated alkanes) is 18. The third-order valence-corrected chi connectivity index (χ3v) is 7.48.